The van der Waals surface area contributed by atoms with Crippen LogP contribution in [0.2, 0.25) is 72.5 Å². The summed E-state index contributed by atoms with van der Waals surface area (Å²) in [6.07, 6.45) is 0.878. The number of hydrogen-bond donors (Lipinski definition) is 2. The molecule has 0 amide bonds. The number of ether oxygens (including phenoxy) is 7. The van der Waals surface area contributed by atoms with Crippen LogP contribution in [0.25, 0.3) is 0 Å². The second kappa shape index (κ2) is 30.2. The molecule has 0 radical (unpaired) electrons. The molecule has 8 heterocycles. The number of rotatable bonds is 15. The van der Waals surface area contributed by atoms with E-state index in [-0.39, 0.29) is 75.5 Å². The molecule has 0 saturated carbocycles. The number of aliphatic hydroxyl groups is 2. The topological polar surface area (TPSA) is 176 Å². The predicted molar refractivity (Wildman–Crippen MR) is 380 cm³/mol. The van der Waals surface area contributed by atoms with Crippen molar-refractivity contribution in [3.8, 4) is 0 Å². The number of alkyl halides is 1. The van der Waals surface area contributed by atoms with Crippen LogP contribution in [0.5, 0.6) is 0 Å². The first kappa shape index (κ1) is 77.3. The first-order chi connectivity index (χ1) is 41.9. The zero-order valence-electron chi connectivity index (χ0n) is 60.1. The summed E-state index contributed by atoms with van der Waals surface area (Å²) in [7, 11) is -8.10. The molecule has 2 N–H and O–H groups in total. The molecule has 5 saturated heterocycles. The number of esters is 1. The Balaban J connectivity index is 1.27. The van der Waals surface area contributed by atoms with E-state index in [0.717, 1.165) is 17.3 Å². The number of ketones is 1. The van der Waals surface area contributed by atoms with Crippen molar-refractivity contribution in [2.75, 3.05) is 18.1 Å². The van der Waals surface area contributed by atoms with Crippen molar-refractivity contribution >= 4 is 67.6 Å². The van der Waals surface area contributed by atoms with E-state index in [1.54, 1.807) is 19.2 Å². The molecule has 7 bridgehead atoms. The Morgan fingerprint density at radius 3 is 1.90 bits per heavy atom. The highest BCUT2D eigenvalue weighted by Crippen LogP contribution is 2.49. The van der Waals surface area contributed by atoms with E-state index in [1.807, 2.05) is 30.4 Å². The average molecular weight is 1460 g/mol. The van der Waals surface area contributed by atoms with Gasteiger partial charge in [0, 0.05) is 49.6 Å². The van der Waals surface area contributed by atoms with E-state index in [2.05, 4.69) is 172 Å². The number of aliphatic hydroxyl groups excluding tert-OH is 2. The quantitative estimate of drug-likeness (QED) is 0.0557. The number of carbonyl (C=O) groups excluding carboxylic acids is 2. The maximum Gasteiger partial charge on any atom is 0.338 e. The van der Waals surface area contributed by atoms with Gasteiger partial charge in [-0.3, -0.25) is 4.79 Å². The molecule has 8 aliphatic heterocycles. The standard InChI is InChI=1S/C71H123IO15Si4/c1-45-37-51-33-36-60-71(44-72,84-51)42-52(79-60)30-29-49(81-66(76)47-27-25-24-26-28-47)31-35-57(86-90(20,21)69(9,10)11)64-65(87-91(22,23)70(12,13)14)61(75)63-56(83-64)34-32-50(80-63)38-48(73)39-54-58(41-55(74)46(45)2)82-59(62(54)77-15)40-53(85-89(18,19)68(6,7)8)43-78-88(16,17)67(3,4)5/h24-28,31,35,45,49-65,74-75H,2,29-30,32-34,36-44H2,1,3-23H3/b35-31+/t45-,49?,50-,51-,52+,53?,54+,55-,56+,57?,58+,59-,60+,61+,62-,63?,64?,65?,71-/m1/s1. The lowest BCUT2D eigenvalue weighted by Gasteiger charge is -2.53. The number of halogens is 1. The molecule has 19 atom stereocenters. The van der Waals surface area contributed by atoms with Gasteiger partial charge in [-0.05, 0) is 147 Å². The smallest absolute Gasteiger partial charge is 0.338 e. The Hall–Kier alpha value is -1.04. The summed E-state index contributed by atoms with van der Waals surface area (Å²) >= 11 is 2.46. The van der Waals surface area contributed by atoms with Gasteiger partial charge in [0.25, 0.3) is 0 Å². The SMILES string of the molecule is C=C1[C@H](C)C[C@H]2CC[C@@H]3O[C@@H](CCC(OC(=O)c4ccccc4)/C=C/C(O[Si](C)(C)C(C)(C)C)C4O[C@H]5CC[C@H](CC(=O)C[C@@H]6[C@@H](OC)[C@@H](CC(CO[Si](C)(C)C(C)(C)C)O[Si](C)(C)C(C)(C)C)O[C@H]6C[C@H]1O)OC5[C@H](O)C4O[Si](C)(C)C(C)(C)C)C[C@]3(CI)O2. The second-order valence-corrected chi connectivity index (χ2v) is 54.0. The van der Waals surface area contributed by atoms with Crippen LogP contribution in [0.4, 0.5) is 0 Å². The van der Waals surface area contributed by atoms with Crippen LogP contribution in [0.3, 0.4) is 0 Å². The molecule has 0 aliphatic carbocycles. The molecule has 20 heteroatoms. The largest absolute Gasteiger partial charge is 0.455 e. The van der Waals surface area contributed by atoms with Crippen LogP contribution in [-0.2, 0) is 55.7 Å². The molecule has 0 spiro atoms. The monoisotopic (exact) mass is 1450 g/mol. The molecular formula is C71H123IO15Si4. The van der Waals surface area contributed by atoms with E-state index in [9.17, 15) is 15.0 Å². The maximum atomic E-state index is 15.1. The summed E-state index contributed by atoms with van der Waals surface area (Å²) in [4.78, 5) is 29.1. The summed E-state index contributed by atoms with van der Waals surface area (Å²) in [5, 5.41) is 25.0. The molecule has 9 rings (SSSR count). The number of benzene rings is 1. The van der Waals surface area contributed by atoms with Crippen LogP contribution in [0, 0.1) is 11.8 Å². The van der Waals surface area contributed by atoms with Gasteiger partial charge in [0.2, 0.25) is 0 Å². The second-order valence-electron chi connectivity index (χ2n) is 34.1. The van der Waals surface area contributed by atoms with E-state index < -0.39 is 124 Å². The molecule has 0 aromatic heterocycles. The summed E-state index contributed by atoms with van der Waals surface area (Å²) in [5.74, 6) is -0.951. The molecule has 15 nitrogen and oxygen atoms in total. The molecule has 5 fully saturated rings. The van der Waals surface area contributed by atoms with Crippen molar-refractivity contribution < 1.29 is 70.7 Å². The van der Waals surface area contributed by atoms with Crippen LogP contribution < -0.4 is 0 Å². The van der Waals surface area contributed by atoms with Gasteiger partial charge in [-0.15, -0.1) is 0 Å². The molecule has 8 aliphatic rings. The number of hydrogen-bond acceptors (Lipinski definition) is 15. The molecule has 1 aromatic carbocycles. The minimum absolute atomic E-state index is 0.00973. The van der Waals surface area contributed by atoms with Crippen LogP contribution in [0.15, 0.2) is 54.6 Å². The number of Topliss-reactive ketones (excluding diaryl/α,β-unsaturated/α-hetero) is 1. The first-order valence-corrected chi connectivity index (χ1v) is 47.6. The molecule has 6 unspecified atom stereocenters. The average Bonchev–Trinajstić information content (AvgIpc) is 1.39. The third-order valence-corrected chi connectivity index (χ3v) is 42.5. The van der Waals surface area contributed by atoms with Crippen molar-refractivity contribution in [2.24, 2.45) is 11.8 Å². The minimum Gasteiger partial charge on any atom is -0.455 e. The summed E-state index contributed by atoms with van der Waals surface area (Å²) < 4.78 is 78.5. The number of fused-ring (bicyclic) bond motifs is 2. The Morgan fingerprint density at radius 1 is 0.692 bits per heavy atom. The third-order valence-electron chi connectivity index (χ3n) is 23.2. The van der Waals surface area contributed by atoms with Crippen molar-refractivity contribution in [1.82, 2.24) is 0 Å². The fraction of sp³-hybridized carbons (Fsp3) is 0.831. The van der Waals surface area contributed by atoms with E-state index >= 15 is 4.79 Å². The van der Waals surface area contributed by atoms with Crippen LogP contribution >= 0.6 is 22.6 Å². The lowest BCUT2D eigenvalue weighted by atomic mass is 9.82. The van der Waals surface area contributed by atoms with Crippen molar-refractivity contribution in [1.29, 1.82) is 0 Å². The van der Waals surface area contributed by atoms with Crippen LogP contribution in [0.1, 0.15) is 177 Å². The zero-order chi connectivity index (χ0) is 67.8. The molecular weight excluding hydrogens is 1330 g/mol. The van der Waals surface area contributed by atoms with Crippen LogP contribution in [-0.4, -0.2) is 177 Å². The first-order valence-electron chi connectivity index (χ1n) is 34.5. The molecule has 91 heavy (non-hydrogen) atoms. The van der Waals surface area contributed by atoms with Gasteiger partial charge >= 0.3 is 5.97 Å². The lowest BCUT2D eigenvalue weighted by molar-refractivity contribution is -0.269. The van der Waals surface area contributed by atoms with E-state index in [4.69, 9.17) is 50.9 Å². The Bertz CT molecular complexity index is 2590. The van der Waals surface area contributed by atoms with Gasteiger partial charge in [-0.1, -0.05) is 143 Å². The Kier molecular flexibility index (Phi) is 25.7. The third kappa shape index (κ3) is 18.8. The molecule has 1 aromatic rings. The Morgan fingerprint density at radius 2 is 1.30 bits per heavy atom. The highest BCUT2D eigenvalue weighted by Gasteiger charge is 2.57. The maximum absolute atomic E-state index is 15.1. The fourth-order valence-corrected chi connectivity index (χ4v) is 19.1. The molecule has 520 valence electrons. The van der Waals surface area contributed by atoms with Gasteiger partial charge in [0.1, 0.15) is 41.9 Å². The van der Waals surface area contributed by atoms with Gasteiger partial charge < -0.3 is 61.1 Å². The van der Waals surface area contributed by atoms with Gasteiger partial charge in [0.15, 0.2) is 33.3 Å². The summed E-state index contributed by atoms with van der Waals surface area (Å²) in [6, 6.07) is 9.09. The highest BCUT2D eigenvalue weighted by atomic mass is 127. The highest BCUT2D eigenvalue weighted by molar-refractivity contribution is 14.1. The van der Waals surface area contributed by atoms with Gasteiger partial charge in [-0.2, -0.15) is 0 Å². The number of methoxy groups -OCH3 is 1. The summed E-state index contributed by atoms with van der Waals surface area (Å²) in [5.41, 5.74) is 0.642. The van der Waals surface area contributed by atoms with E-state index in [1.165, 1.54) is 0 Å². The van der Waals surface area contributed by atoms with Crippen molar-refractivity contribution in [3.63, 3.8) is 0 Å². The van der Waals surface area contributed by atoms with Crippen molar-refractivity contribution in [3.05, 3.63) is 60.2 Å². The summed E-state index contributed by atoms with van der Waals surface area (Å²) in [6.45, 7) is 51.7. The van der Waals surface area contributed by atoms with Gasteiger partial charge in [0.05, 0.1) is 79.3 Å². The predicted octanol–water partition coefficient (Wildman–Crippen LogP) is 15.4. The normalized spacial score (nSPS) is 35.7. The van der Waals surface area contributed by atoms with Gasteiger partial charge in [-0.25, -0.2) is 4.79 Å². The van der Waals surface area contributed by atoms with E-state index in [0.29, 0.717) is 62.7 Å². The number of carbonyl (C=O) groups is 2. The van der Waals surface area contributed by atoms with Crippen molar-refractivity contribution in [2.45, 2.75) is 343 Å². The fourth-order valence-electron chi connectivity index (χ4n) is 13.2. The Labute approximate surface area is 567 Å². The minimum atomic E-state index is -2.66. The zero-order valence-corrected chi connectivity index (χ0v) is 66.3. The lowest BCUT2D eigenvalue weighted by Crippen LogP contribution is -2.67.